The van der Waals surface area contributed by atoms with Crippen LogP contribution in [-0.2, 0) is 4.79 Å². The van der Waals surface area contributed by atoms with Crippen molar-refractivity contribution in [2.75, 3.05) is 18.9 Å². The number of nitriles is 1. The normalized spacial score (nSPS) is 18.9. The van der Waals surface area contributed by atoms with E-state index in [0.29, 0.717) is 13.0 Å². The van der Waals surface area contributed by atoms with E-state index in [1.54, 1.807) is 13.1 Å². The molecule has 0 spiro atoms. The number of nitrogens with zero attached hydrogens (tertiary/aromatic N) is 2. The summed E-state index contributed by atoms with van der Waals surface area (Å²) in [6.45, 7) is 0.580. The number of likely N-dealkylation sites (N-methyl/N-ethyl adjacent to an activating group) is 1. The maximum atomic E-state index is 13.6. The summed E-state index contributed by atoms with van der Waals surface area (Å²) < 4.78 is 27.0. The molecule has 0 aliphatic carbocycles. The van der Waals surface area contributed by atoms with Crippen LogP contribution in [0, 0.1) is 23.0 Å². The number of hydrogen-bond acceptors (Lipinski definition) is 3. The van der Waals surface area contributed by atoms with E-state index in [4.69, 9.17) is 5.26 Å². The highest BCUT2D eigenvalue weighted by Gasteiger charge is 2.29. The fourth-order valence-corrected chi connectivity index (χ4v) is 1.89. The molecule has 2 rings (SSSR count). The number of rotatable bonds is 2. The molecular weight excluding hydrogens is 240 g/mol. The molecule has 0 bridgehead atoms. The fraction of sp³-hybridized carbons (Fsp3) is 0.333. The molecule has 1 atom stereocenters. The highest BCUT2D eigenvalue weighted by molar-refractivity contribution is 5.86. The number of likely N-dealkylation sites (tertiary alicyclic amines) is 1. The van der Waals surface area contributed by atoms with Crippen molar-refractivity contribution in [2.45, 2.75) is 12.5 Å². The molecule has 1 saturated heterocycles. The molecule has 1 fully saturated rings. The molecule has 94 valence electrons. The number of carbonyl (C=O) groups excluding carboxylic acids is 1. The van der Waals surface area contributed by atoms with Gasteiger partial charge in [-0.2, -0.15) is 5.26 Å². The van der Waals surface area contributed by atoms with E-state index >= 15 is 0 Å². The predicted octanol–water partition coefficient (Wildman–Crippen LogP) is 1.48. The average molecular weight is 251 g/mol. The van der Waals surface area contributed by atoms with Crippen LogP contribution in [0.2, 0.25) is 0 Å². The van der Waals surface area contributed by atoms with Crippen molar-refractivity contribution in [2.24, 2.45) is 0 Å². The number of anilines is 1. The van der Waals surface area contributed by atoms with E-state index in [-0.39, 0.29) is 17.2 Å². The lowest BCUT2D eigenvalue weighted by molar-refractivity contribution is -0.127. The van der Waals surface area contributed by atoms with Crippen LogP contribution in [-0.4, -0.2) is 30.4 Å². The first-order valence-electron chi connectivity index (χ1n) is 5.44. The van der Waals surface area contributed by atoms with Crippen LogP contribution in [0.1, 0.15) is 12.0 Å². The maximum Gasteiger partial charge on any atom is 0.244 e. The molecule has 18 heavy (non-hydrogen) atoms. The van der Waals surface area contributed by atoms with Crippen molar-refractivity contribution in [3.63, 3.8) is 0 Å². The van der Waals surface area contributed by atoms with E-state index in [9.17, 15) is 13.6 Å². The Hall–Kier alpha value is -2.16. The zero-order chi connectivity index (χ0) is 13.3. The molecular formula is C12H11F2N3O. The number of hydrogen-bond donors (Lipinski definition) is 1. The van der Waals surface area contributed by atoms with Crippen molar-refractivity contribution in [1.82, 2.24) is 4.90 Å². The Morgan fingerprint density at radius 2 is 2.17 bits per heavy atom. The molecule has 0 radical (unpaired) electrons. The Labute approximate surface area is 103 Å². The predicted molar refractivity (Wildman–Crippen MR) is 60.7 cm³/mol. The third-order valence-electron chi connectivity index (χ3n) is 2.96. The topological polar surface area (TPSA) is 56.1 Å². The lowest BCUT2D eigenvalue weighted by atomic mass is 10.1. The molecule has 1 aliphatic heterocycles. The number of carbonyl (C=O) groups is 1. The van der Waals surface area contributed by atoms with Crippen molar-refractivity contribution in [3.05, 3.63) is 29.3 Å². The van der Waals surface area contributed by atoms with E-state index < -0.39 is 17.7 Å². The quantitative estimate of drug-likeness (QED) is 0.866. The minimum Gasteiger partial charge on any atom is -0.371 e. The van der Waals surface area contributed by atoms with Crippen molar-refractivity contribution in [1.29, 1.82) is 5.26 Å². The van der Waals surface area contributed by atoms with Crippen LogP contribution in [0.5, 0.6) is 0 Å². The fourth-order valence-electron chi connectivity index (χ4n) is 1.89. The zero-order valence-corrected chi connectivity index (χ0v) is 9.70. The largest absolute Gasteiger partial charge is 0.371 e. The van der Waals surface area contributed by atoms with Crippen LogP contribution in [0.15, 0.2) is 12.1 Å². The molecule has 1 unspecified atom stereocenters. The summed E-state index contributed by atoms with van der Waals surface area (Å²) in [6, 6.07) is 3.46. The SMILES string of the molecule is CN1CCC(Nc2ccc(C#N)c(F)c2F)C1=O. The number of amides is 1. The van der Waals surface area contributed by atoms with Gasteiger partial charge in [0.15, 0.2) is 11.6 Å². The Kier molecular flexibility index (Phi) is 3.15. The molecule has 6 heteroatoms. The second kappa shape index (κ2) is 4.61. The van der Waals surface area contributed by atoms with Crippen LogP contribution in [0.4, 0.5) is 14.5 Å². The minimum absolute atomic E-state index is 0.0971. The first-order chi connectivity index (χ1) is 8.54. The molecule has 1 aliphatic rings. The Morgan fingerprint density at radius 3 is 2.72 bits per heavy atom. The van der Waals surface area contributed by atoms with Crippen LogP contribution < -0.4 is 5.32 Å². The van der Waals surface area contributed by atoms with Gasteiger partial charge >= 0.3 is 0 Å². The van der Waals surface area contributed by atoms with Gasteiger partial charge in [-0.05, 0) is 18.6 Å². The number of nitrogens with one attached hydrogen (secondary N) is 1. The summed E-state index contributed by atoms with van der Waals surface area (Å²) in [5, 5.41) is 11.2. The Morgan fingerprint density at radius 1 is 1.44 bits per heavy atom. The molecule has 1 amide bonds. The van der Waals surface area contributed by atoms with Crippen LogP contribution in [0.3, 0.4) is 0 Å². The number of halogens is 2. The lowest BCUT2D eigenvalue weighted by Crippen LogP contribution is -2.31. The molecule has 1 aromatic carbocycles. The Balaban J connectivity index is 2.24. The smallest absolute Gasteiger partial charge is 0.244 e. The summed E-state index contributed by atoms with van der Waals surface area (Å²) in [5.41, 5.74) is -0.451. The molecule has 0 aromatic heterocycles. The van der Waals surface area contributed by atoms with Crippen molar-refractivity contribution >= 4 is 11.6 Å². The third-order valence-corrected chi connectivity index (χ3v) is 2.96. The molecule has 1 heterocycles. The summed E-state index contributed by atoms with van der Waals surface area (Å²) in [6.07, 6.45) is 0.538. The molecule has 0 saturated carbocycles. The second-order valence-corrected chi connectivity index (χ2v) is 4.15. The van der Waals surface area contributed by atoms with Crippen molar-refractivity contribution in [3.8, 4) is 6.07 Å². The minimum atomic E-state index is -1.19. The summed E-state index contributed by atoms with van der Waals surface area (Å²) in [5.74, 6) is -2.48. The standard InChI is InChI=1S/C12H11F2N3O/c1-17-5-4-9(12(17)18)16-8-3-2-7(6-15)10(13)11(8)14/h2-3,9,16H,4-5H2,1H3. The van der Waals surface area contributed by atoms with Gasteiger partial charge < -0.3 is 10.2 Å². The molecule has 1 N–H and O–H groups in total. The monoisotopic (exact) mass is 251 g/mol. The van der Waals surface area contributed by atoms with Gasteiger partial charge in [0.05, 0.1) is 11.3 Å². The van der Waals surface area contributed by atoms with Crippen molar-refractivity contribution < 1.29 is 13.6 Å². The van der Waals surface area contributed by atoms with Gasteiger partial charge in [-0.15, -0.1) is 0 Å². The summed E-state index contributed by atoms with van der Waals surface area (Å²) >= 11 is 0. The lowest BCUT2D eigenvalue weighted by Gasteiger charge is -2.14. The number of benzene rings is 1. The zero-order valence-electron chi connectivity index (χ0n) is 9.70. The highest BCUT2D eigenvalue weighted by Crippen LogP contribution is 2.23. The molecule has 4 nitrogen and oxygen atoms in total. The maximum absolute atomic E-state index is 13.6. The first-order valence-corrected chi connectivity index (χ1v) is 5.44. The van der Waals surface area contributed by atoms with Gasteiger partial charge in [0.25, 0.3) is 0 Å². The van der Waals surface area contributed by atoms with E-state index in [0.717, 1.165) is 0 Å². The Bertz CT molecular complexity index is 539. The summed E-state index contributed by atoms with van der Waals surface area (Å²) in [7, 11) is 1.65. The van der Waals surface area contributed by atoms with E-state index in [1.165, 1.54) is 17.0 Å². The highest BCUT2D eigenvalue weighted by atomic mass is 19.2. The van der Waals surface area contributed by atoms with Gasteiger partial charge in [-0.3, -0.25) is 4.79 Å². The van der Waals surface area contributed by atoms with E-state index in [2.05, 4.69) is 5.32 Å². The van der Waals surface area contributed by atoms with Gasteiger partial charge in [0, 0.05) is 13.6 Å². The summed E-state index contributed by atoms with van der Waals surface area (Å²) in [4.78, 5) is 13.1. The van der Waals surface area contributed by atoms with Gasteiger partial charge in [-0.25, -0.2) is 8.78 Å². The van der Waals surface area contributed by atoms with Crippen LogP contribution >= 0.6 is 0 Å². The first kappa shape index (κ1) is 12.3. The third kappa shape index (κ3) is 1.99. The average Bonchev–Trinajstić information content (AvgIpc) is 2.67. The second-order valence-electron chi connectivity index (χ2n) is 4.15. The van der Waals surface area contributed by atoms with Gasteiger partial charge in [0.1, 0.15) is 12.1 Å². The van der Waals surface area contributed by atoms with Gasteiger partial charge in [-0.1, -0.05) is 0 Å². The van der Waals surface area contributed by atoms with E-state index in [1.807, 2.05) is 0 Å². The molecule has 1 aromatic rings. The van der Waals surface area contributed by atoms with Gasteiger partial charge in [0.2, 0.25) is 5.91 Å². The van der Waals surface area contributed by atoms with Crippen LogP contribution in [0.25, 0.3) is 0 Å².